The second-order valence-corrected chi connectivity index (χ2v) is 5.72. The minimum atomic E-state index is -0.296. The van der Waals surface area contributed by atoms with Crippen LogP contribution >= 0.6 is 0 Å². The van der Waals surface area contributed by atoms with E-state index in [0.29, 0.717) is 12.1 Å². The monoisotopic (exact) mass is 332 g/mol. The number of carbonyl (C=O) groups is 1. The van der Waals surface area contributed by atoms with Gasteiger partial charge in [0.1, 0.15) is 5.82 Å². The van der Waals surface area contributed by atoms with E-state index in [2.05, 4.69) is 20.7 Å². The van der Waals surface area contributed by atoms with Crippen LogP contribution in [0.15, 0.2) is 60.8 Å². The first-order valence-corrected chi connectivity index (χ1v) is 7.73. The molecule has 0 saturated carbocycles. The van der Waals surface area contributed by atoms with Crippen LogP contribution < -0.4 is 5.32 Å². The zero-order valence-corrected chi connectivity index (χ0v) is 13.1. The third-order valence-electron chi connectivity index (χ3n) is 4.02. The molecule has 25 heavy (non-hydrogen) atoms. The highest BCUT2D eigenvalue weighted by Crippen LogP contribution is 2.21. The van der Waals surface area contributed by atoms with Crippen LogP contribution in [0.5, 0.6) is 0 Å². The van der Waals surface area contributed by atoms with Crippen LogP contribution in [0.25, 0.3) is 21.7 Å². The molecule has 3 aromatic carbocycles. The number of aromatic nitrogens is 3. The molecule has 0 fully saturated rings. The Morgan fingerprint density at radius 1 is 0.960 bits per heavy atom. The van der Waals surface area contributed by atoms with Crippen LogP contribution in [-0.2, 0) is 6.54 Å². The molecule has 1 amide bonds. The van der Waals surface area contributed by atoms with Gasteiger partial charge in [0, 0.05) is 17.5 Å². The molecule has 1 N–H and O–H groups in total. The van der Waals surface area contributed by atoms with E-state index in [4.69, 9.17) is 0 Å². The maximum absolute atomic E-state index is 12.9. The fourth-order valence-corrected chi connectivity index (χ4v) is 2.68. The van der Waals surface area contributed by atoms with Crippen molar-refractivity contribution in [3.05, 3.63) is 77.7 Å². The lowest BCUT2D eigenvalue weighted by molar-refractivity contribution is 0.0951. The molecular formula is C19H13FN4O. The van der Waals surface area contributed by atoms with E-state index in [-0.39, 0.29) is 11.7 Å². The first-order valence-electron chi connectivity index (χ1n) is 7.73. The average Bonchev–Trinajstić information content (AvgIpc) is 2.65. The van der Waals surface area contributed by atoms with Crippen LogP contribution in [0.4, 0.5) is 4.39 Å². The van der Waals surface area contributed by atoms with Gasteiger partial charge in [-0.15, -0.1) is 10.2 Å². The largest absolute Gasteiger partial charge is 0.348 e. The molecule has 0 aliphatic heterocycles. The van der Waals surface area contributed by atoms with Crippen molar-refractivity contribution in [3.8, 4) is 0 Å². The van der Waals surface area contributed by atoms with Gasteiger partial charge in [-0.05, 0) is 57.9 Å². The number of carbonyl (C=O) groups excluding carboxylic acids is 1. The Bertz CT molecular complexity index is 1080. The van der Waals surface area contributed by atoms with Gasteiger partial charge in [0.2, 0.25) is 0 Å². The van der Waals surface area contributed by atoms with Gasteiger partial charge in [0.15, 0.2) is 0 Å². The van der Waals surface area contributed by atoms with Crippen molar-refractivity contribution >= 4 is 27.6 Å². The SMILES string of the molecule is O=C(NCc1ccc(F)cc1)c1ccc2cc3cnnnc3cc2c1. The smallest absolute Gasteiger partial charge is 0.251 e. The van der Waals surface area contributed by atoms with Crippen molar-refractivity contribution < 1.29 is 9.18 Å². The lowest BCUT2D eigenvalue weighted by atomic mass is 10.0. The highest BCUT2D eigenvalue weighted by molar-refractivity contribution is 6.02. The molecule has 0 radical (unpaired) electrons. The molecule has 0 aliphatic rings. The van der Waals surface area contributed by atoms with E-state index in [0.717, 1.165) is 27.2 Å². The van der Waals surface area contributed by atoms with E-state index in [1.165, 1.54) is 12.1 Å². The quantitative estimate of drug-likeness (QED) is 0.585. The fraction of sp³-hybridized carbons (Fsp3) is 0.0526. The highest BCUT2D eigenvalue weighted by atomic mass is 19.1. The van der Waals surface area contributed by atoms with E-state index in [1.807, 2.05) is 24.3 Å². The number of nitrogens with zero attached hydrogens (tertiary/aromatic N) is 3. The summed E-state index contributed by atoms with van der Waals surface area (Å²) in [6.07, 6.45) is 1.66. The summed E-state index contributed by atoms with van der Waals surface area (Å²) in [5.41, 5.74) is 2.12. The molecule has 1 heterocycles. The van der Waals surface area contributed by atoms with E-state index < -0.39 is 0 Å². The van der Waals surface area contributed by atoms with Crippen molar-refractivity contribution in [2.45, 2.75) is 6.54 Å². The Kier molecular flexibility index (Phi) is 3.78. The molecule has 0 spiro atoms. The second-order valence-electron chi connectivity index (χ2n) is 5.72. The first-order chi connectivity index (χ1) is 12.2. The molecule has 0 aliphatic carbocycles. The molecule has 4 rings (SSSR count). The maximum atomic E-state index is 12.9. The molecule has 122 valence electrons. The average molecular weight is 332 g/mol. The van der Waals surface area contributed by atoms with Gasteiger partial charge in [-0.25, -0.2) is 4.39 Å². The van der Waals surface area contributed by atoms with Gasteiger partial charge in [-0.2, -0.15) is 0 Å². The molecule has 0 saturated heterocycles. The van der Waals surface area contributed by atoms with E-state index >= 15 is 0 Å². The van der Waals surface area contributed by atoms with Gasteiger partial charge >= 0.3 is 0 Å². The van der Waals surface area contributed by atoms with Crippen LogP contribution in [0.3, 0.4) is 0 Å². The predicted octanol–water partition coefficient (Wildman–Crippen LogP) is 3.25. The molecule has 0 bridgehead atoms. The summed E-state index contributed by atoms with van der Waals surface area (Å²) in [7, 11) is 0. The summed E-state index contributed by atoms with van der Waals surface area (Å²) in [6.45, 7) is 0.339. The van der Waals surface area contributed by atoms with Gasteiger partial charge < -0.3 is 5.32 Å². The normalized spacial score (nSPS) is 10.9. The van der Waals surface area contributed by atoms with Gasteiger partial charge in [-0.1, -0.05) is 18.2 Å². The standard InChI is InChI=1S/C19H13FN4O/c20-17-5-1-12(2-6-17)10-21-19(25)14-4-3-13-7-16-11-22-24-23-18(16)9-15(13)8-14/h1-9,11H,10H2,(H,21,25). The van der Waals surface area contributed by atoms with Crippen LogP contribution in [0.2, 0.25) is 0 Å². The Morgan fingerprint density at radius 3 is 2.64 bits per heavy atom. The third-order valence-corrected chi connectivity index (χ3v) is 4.02. The fourth-order valence-electron chi connectivity index (χ4n) is 2.68. The van der Waals surface area contributed by atoms with Crippen molar-refractivity contribution in [1.29, 1.82) is 0 Å². The minimum Gasteiger partial charge on any atom is -0.348 e. The third kappa shape index (κ3) is 3.14. The zero-order valence-electron chi connectivity index (χ0n) is 13.1. The zero-order chi connectivity index (χ0) is 17.2. The Labute approximate surface area is 142 Å². The summed E-state index contributed by atoms with van der Waals surface area (Å²) < 4.78 is 12.9. The molecule has 1 aromatic heterocycles. The summed E-state index contributed by atoms with van der Waals surface area (Å²) in [5, 5.41) is 17.1. The van der Waals surface area contributed by atoms with Crippen molar-refractivity contribution in [1.82, 2.24) is 20.7 Å². The van der Waals surface area contributed by atoms with E-state index in [9.17, 15) is 9.18 Å². The Hall–Kier alpha value is -3.41. The predicted molar refractivity (Wildman–Crippen MR) is 92.4 cm³/mol. The van der Waals surface area contributed by atoms with Crippen LogP contribution in [-0.4, -0.2) is 21.3 Å². The number of amides is 1. The number of hydrogen-bond acceptors (Lipinski definition) is 4. The summed E-state index contributed by atoms with van der Waals surface area (Å²) in [6, 6.07) is 15.4. The number of halogens is 1. The minimum absolute atomic E-state index is 0.188. The summed E-state index contributed by atoms with van der Waals surface area (Å²) in [5.74, 6) is -0.484. The topological polar surface area (TPSA) is 67.8 Å². The number of nitrogens with one attached hydrogen (secondary N) is 1. The van der Waals surface area contributed by atoms with Gasteiger partial charge in [0.25, 0.3) is 5.91 Å². The Morgan fingerprint density at radius 2 is 1.80 bits per heavy atom. The van der Waals surface area contributed by atoms with Crippen molar-refractivity contribution in [2.75, 3.05) is 0 Å². The number of hydrogen-bond donors (Lipinski definition) is 1. The van der Waals surface area contributed by atoms with Crippen molar-refractivity contribution in [2.24, 2.45) is 0 Å². The van der Waals surface area contributed by atoms with Gasteiger partial charge in [-0.3, -0.25) is 4.79 Å². The lowest BCUT2D eigenvalue weighted by Crippen LogP contribution is -2.22. The lowest BCUT2D eigenvalue weighted by Gasteiger charge is -2.07. The molecular weight excluding hydrogens is 319 g/mol. The summed E-state index contributed by atoms with van der Waals surface area (Å²) in [4.78, 5) is 12.4. The number of benzene rings is 3. The molecule has 0 atom stereocenters. The molecule has 6 heteroatoms. The molecule has 0 unspecified atom stereocenters. The Balaban J connectivity index is 1.58. The van der Waals surface area contributed by atoms with Crippen LogP contribution in [0.1, 0.15) is 15.9 Å². The molecule has 4 aromatic rings. The summed E-state index contributed by atoms with van der Waals surface area (Å²) >= 11 is 0. The number of rotatable bonds is 3. The molecule has 5 nitrogen and oxygen atoms in total. The number of fused-ring (bicyclic) bond motifs is 2. The highest BCUT2D eigenvalue weighted by Gasteiger charge is 2.08. The van der Waals surface area contributed by atoms with Crippen LogP contribution in [0, 0.1) is 5.82 Å². The van der Waals surface area contributed by atoms with E-state index in [1.54, 1.807) is 24.4 Å². The second kappa shape index (κ2) is 6.24. The van der Waals surface area contributed by atoms with Crippen molar-refractivity contribution in [3.63, 3.8) is 0 Å². The maximum Gasteiger partial charge on any atom is 0.251 e. The first kappa shape index (κ1) is 15.1. The van der Waals surface area contributed by atoms with Gasteiger partial charge in [0.05, 0.1) is 11.7 Å².